The first kappa shape index (κ1) is 29.4. The van der Waals surface area contributed by atoms with Crippen LogP contribution in [0.4, 0.5) is 5.69 Å². The molecule has 0 aliphatic carbocycles. The summed E-state index contributed by atoms with van der Waals surface area (Å²) in [5.41, 5.74) is 4.25. The highest BCUT2D eigenvalue weighted by atomic mass is 32.2. The number of benzene rings is 2. The highest BCUT2D eigenvalue weighted by Crippen LogP contribution is 2.22. The molecular formula is C28H41N3O4S. The van der Waals surface area contributed by atoms with Crippen molar-refractivity contribution in [2.24, 2.45) is 0 Å². The summed E-state index contributed by atoms with van der Waals surface area (Å²) in [7, 11) is -3.53. The van der Waals surface area contributed by atoms with Gasteiger partial charge in [-0.2, -0.15) is 0 Å². The predicted molar refractivity (Wildman–Crippen MR) is 146 cm³/mol. The Bertz CT molecular complexity index is 1190. The molecule has 0 bridgehead atoms. The van der Waals surface area contributed by atoms with Gasteiger partial charge in [0.25, 0.3) is 0 Å². The number of anilines is 1. The highest BCUT2D eigenvalue weighted by molar-refractivity contribution is 7.92. The molecule has 0 saturated heterocycles. The molecule has 2 aromatic carbocycles. The monoisotopic (exact) mass is 515 g/mol. The van der Waals surface area contributed by atoms with E-state index in [2.05, 4.69) is 5.32 Å². The first-order valence-electron chi connectivity index (χ1n) is 12.3. The maximum atomic E-state index is 13.4. The first-order valence-corrected chi connectivity index (χ1v) is 14.2. The normalized spacial score (nSPS) is 12.7. The molecule has 0 aliphatic rings. The van der Waals surface area contributed by atoms with Crippen LogP contribution in [0.15, 0.2) is 42.5 Å². The number of aryl methyl sites for hydroxylation is 3. The number of amides is 2. The van der Waals surface area contributed by atoms with Gasteiger partial charge in [0.15, 0.2) is 0 Å². The van der Waals surface area contributed by atoms with Crippen LogP contribution in [0.5, 0.6) is 0 Å². The van der Waals surface area contributed by atoms with Crippen molar-refractivity contribution in [1.82, 2.24) is 10.2 Å². The third kappa shape index (κ3) is 8.36. The van der Waals surface area contributed by atoms with E-state index in [0.717, 1.165) is 22.3 Å². The minimum atomic E-state index is -3.53. The van der Waals surface area contributed by atoms with E-state index >= 15 is 0 Å². The van der Waals surface area contributed by atoms with Crippen LogP contribution in [0.25, 0.3) is 0 Å². The van der Waals surface area contributed by atoms with E-state index in [4.69, 9.17) is 0 Å². The number of carbonyl (C=O) groups excluding carboxylic acids is 2. The molecule has 2 amide bonds. The Balaban J connectivity index is 2.22. The van der Waals surface area contributed by atoms with Crippen LogP contribution in [0.1, 0.15) is 62.8 Å². The van der Waals surface area contributed by atoms with Gasteiger partial charge in [0.1, 0.15) is 6.04 Å². The van der Waals surface area contributed by atoms with Gasteiger partial charge in [-0.15, -0.1) is 0 Å². The number of hydrogen-bond acceptors (Lipinski definition) is 4. The van der Waals surface area contributed by atoms with E-state index in [0.29, 0.717) is 18.7 Å². The van der Waals surface area contributed by atoms with Gasteiger partial charge in [0, 0.05) is 25.0 Å². The fraction of sp³-hybridized carbons (Fsp3) is 0.500. The molecule has 2 rings (SSSR count). The fourth-order valence-electron chi connectivity index (χ4n) is 3.91. The molecule has 1 N–H and O–H groups in total. The summed E-state index contributed by atoms with van der Waals surface area (Å²) in [6.07, 6.45) is 1.62. The predicted octanol–water partition coefficient (Wildman–Crippen LogP) is 4.49. The van der Waals surface area contributed by atoms with Crippen molar-refractivity contribution in [3.05, 3.63) is 64.7 Å². The van der Waals surface area contributed by atoms with Crippen LogP contribution in [0, 0.1) is 20.8 Å². The lowest BCUT2D eigenvalue weighted by atomic mass is 10.1. The maximum absolute atomic E-state index is 13.4. The molecule has 0 spiro atoms. The zero-order valence-electron chi connectivity index (χ0n) is 22.9. The van der Waals surface area contributed by atoms with E-state index in [1.165, 1.54) is 10.6 Å². The van der Waals surface area contributed by atoms with Crippen LogP contribution < -0.4 is 9.62 Å². The summed E-state index contributed by atoms with van der Waals surface area (Å²) >= 11 is 0. The summed E-state index contributed by atoms with van der Waals surface area (Å²) in [6, 6.07) is 12.6. The summed E-state index contributed by atoms with van der Waals surface area (Å²) in [5.74, 6) is -0.416. The number of carbonyl (C=O) groups is 2. The molecule has 0 unspecified atom stereocenters. The van der Waals surface area contributed by atoms with Crippen molar-refractivity contribution in [3.63, 3.8) is 0 Å². The third-order valence-corrected chi connectivity index (χ3v) is 7.39. The van der Waals surface area contributed by atoms with E-state index in [-0.39, 0.29) is 24.8 Å². The summed E-state index contributed by atoms with van der Waals surface area (Å²) in [6.45, 7) is 13.8. The highest BCUT2D eigenvalue weighted by Gasteiger charge is 2.29. The van der Waals surface area contributed by atoms with E-state index < -0.39 is 21.6 Å². The topological polar surface area (TPSA) is 86.8 Å². The number of hydrogen-bond donors (Lipinski definition) is 1. The van der Waals surface area contributed by atoms with Gasteiger partial charge in [0.2, 0.25) is 21.8 Å². The molecule has 2 aromatic rings. The zero-order valence-corrected chi connectivity index (χ0v) is 23.7. The average molecular weight is 516 g/mol. The number of sulfonamides is 1. The van der Waals surface area contributed by atoms with Crippen LogP contribution in [0.3, 0.4) is 0 Å². The van der Waals surface area contributed by atoms with Crippen LogP contribution in [0.2, 0.25) is 0 Å². The van der Waals surface area contributed by atoms with Crippen molar-refractivity contribution in [2.45, 2.75) is 79.4 Å². The quantitative estimate of drug-likeness (QED) is 0.505. The number of nitrogens with one attached hydrogen (secondary N) is 1. The Morgan fingerprint density at radius 1 is 0.972 bits per heavy atom. The van der Waals surface area contributed by atoms with E-state index in [9.17, 15) is 18.0 Å². The van der Waals surface area contributed by atoms with Crippen molar-refractivity contribution in [1.29, 1.82) is 0 Å². The van der Waals surface area contributed by atoms with Gasteiger partial charge in [-0.3, -0.25) is 13.9 Å². The molecule has 7 nitrogen and oxygen atoms in total. The van der Waals surface area contributed by atoms with Crippen molar-refractivity contribution in [2.75, 3.05) is 17.1 Å². The molecular weight excluding hydrogens is 474 g/mol. The van der Waals surface area contributed by atoms with Crippen molar-refractivity contribution >= 4 is 27.5 Å². The lowest BCUT2D eigenvalue weighted by molar-refractivity contribution is -0.141. The van der Waals surface area contributed by atoms with E-state index in [1.807, 2.05) is 77.9 Å². The Kier molecular flexibility index (Phi) is 9.71. The van der Waals surface area contributed by atoms with Crippen molar-refractivity contribution < 1.29 is 18.0 Å². The Hall–Kier alpha value is -2.87. The zero-order chi connectivity index (χ0) is 27.3. The Morgan fingerprint density at radius 3 is 2.17 bits per heavy atom. The van der Waals surface area contributed by atoms with Crippen LogP contribution in [-0.4, -0.2) is 49.5 Å². The summed E-state index contributed by atoms with van der Waals surface area (Å²) in [4.78, 5) is 27.9. The van der Waals surface area contributed by atoms with Gasteiger partial charge in [-0.1, -0.05) is 30.3 Å². The molecule has 198 valence electrons. The van der Waals surface area contributed by atoms with Crippen LogP contribution in [-0.2, 0) is 26.2 Å². The maximum Gasteiger partial charge on any atom is 0.242 e. The van der Waals surface area contributed by atoms with Gasteiger partial charge in [-0.05, 0) is 89.3 Å². The van der Waals surface area contributed by atoms with Gasteiger partial charge >= 0.3 is 0 Å². The average Bonchev–Trinajstić information content (AvgIpc) is 2.75. The van der Waals surface area contributed by atoms with Crippen LogP contribution >= 0.6 is 0 Å². The minimum Gasteiger partial charge on any atom is -0.350 e. The lowest BCUT2D eigenvalue weighted by Gasteiger charge is -2.32. The Labute approximate surface area is 216 Å². The van der Waals surface area contributed by atoms with Crippen molar-refractivity contribution in [3.8, 4) is 0 Å². The van der Waals surface area contributed by atoms with Gasteiger partial charge in [0.05, 0.1) is 11.9 Å². The molecule has 36 heavy (non-hydrogen) atoms. The second-order valence-corrected chi connectivity index (χ2v) is 12.5. The molecule has 0 aliphatic heterocycles. The van der Waals surface area contributed by atoms with Gasteiger partial charge in [-0.25, -0.2) is 8.42 Å². The number of nitrogens with zero attached hydrogens (tertiary/aromatic N) is 2. The van der Waals surface area contributed by atoms with E-state index in [1.54, 1.807) is 17.9 Å². The van der Waals surface area contributed by atoms with Gasteiger partial charge < -0.3 is 10.2 Å². The molecule has 0 fully saturated rings. The Morgan fingerprint density at radius 2 is 1.61 bits per heavy atom. The minimum absolute atomic E-state index is 0.121. The smallest absolute Gasteiger partial charge is 0.242 e. The molecule has 1 atom stereocenters. The molecule has 0 heterocycles. The lowest BCUT2D eigenvalue weighted by Crippen LogP contribution is -2.52. The SMILES string of the molecule is Cc1ccc(N(CCCC(=O)N(Cc2ccccc2C)[C@H](C)C(=O)NC(C)(C)C)S(C)(=O)=O)cc1C. The fourth-order valence-corrected chi connectivity index (χ4v) is 4.87. The first-order chi connectivity index (χ1) is 16.6. The summed E-state index contributed by atoms with van der Waals surface area (Å²) < 4.78 is 26.4. The standard InChI is InChI=1S/C28H41N3O4S/c1-20-15-16-25(18-22(20)3)31(36(8,34)35)17-11-14-26(32)30(19-24-13-10-9-12-21(24)2)23(4)27(33)29-28(5,6)7/h9-10,12-13,15-16,18,23H,11,14,17,19H2,1-8H3,(H,29,33)/t23-/m1/s1. The molecule has 0 aromatic heterocycles. The third-order valence-electron chi connectivity index (χ3n) is 6.20. The largest absolute Gasteiger partial charge is 0.350 e. The molecule has 8 heteroatoms. The number of rotatable bonds is 10. The molecule has 0 saturated carbocycles. The second-order valence-electron chi connectivity index (χ2n) is 10.6. The summed E-state index contributed by atoms with van der Waals surface area (Å²) in [5, 5.41) is 2.96. The second kappa shape index (κ2) is 11.9. The molecule has 0 radical (unpaired) electrons.